The molecule has 30 nitrogen and oxygen atoms in total. The van der Waals surface area contributed by atoms with Crippen LogP contribution in [0.2, 0.25) is 0 Å². The number of nitrogens with one attached hydrogen (secondary N) is 9. The van der Waals surface area contributed by atoms with Crippen molar-refractivity contribution >= 4 is 99.2 Å². The molecule has 0 unspecified atom stereocenters. The molecule has 0 radical (unpaired) electrons. The average molecular weight is 1180 g/mol. The minimum atomic E-state index is -1.93. The normalized spacial score (nSPS) is 13.3. The first kappa shape index (κ1) is 68.6. The van der Waals surface area contributed by atoms with Gasteiger partial charge < -0.3 is 77.7 Å². The first-order chi connectivity index (χ1) is 38.2. The zero-order chi connectivity index (χ0) is 60.6. The molecule has 0 aromatic heterocycles. The second-order valence-electron chi connectivity index (χ2n) is 18.2. The zero-order valence-corrected chi connectivity index (χ0v) is 45.6. The summed E-state index contributed by atoms with van der Waals surface area (Å²) in [5.74, 6) is -13.1. The number of phenolic OH excluding ortho intramolecular Hbond substituents is 1. The summed E-state index contributed by atoms with van der Waals surface area (Å²) in [6, 6.07) is 2.72. The smallest absolute Gasteiger partial charge is 0.426 e. The maximum absolute atomic E-state index is 13.3. The number of urea groups is 2. The highest BCUT2D eigenvalue weighted by Gasteiger charge is 2.32. The van der Waals surface area contributed by atoms with Crippen molar-refractivity contribution in [2.75, 3.05) is 24.7 Å². The monoisotopic (exact) mass is 1180 g/mol. The SMILES string of the molecule is C[C@@H](Cc1ccc(O)cc1)C[C@H](C)C(=O)NNC(=O)OCCSSC[C@H](NC(=O)[C@H](CC(=O)O)NC(=O)[C@H](CC(=O)O)NC(=O)Cc1ccc(CNC(=O)NCCCC[C@H](NC(=O)N[C@@H](CCC(=O)O)C(=O)O)C(=O)O)cc1)C(=O)O. The number of hydrogen-bond donors (Lipinski definition) is 16. The zero-order valence-electron chi connectivity index (χ0n) is 43.9. The van der Waals surface area contributed by atoms with Crippen molar-refractivity contribution in [2.24, 2.45) is 11.8 Å². The number of amides is 9. The molecule has 2 aromatic rings. The molecule has 0 aliphatic rings. The van der Waals surface area contributed by atoms with Crippen LogP contribution in [0.4, 0.5) is 14.4 Å². The van der Waals surface area contributed by atoms with Crippen LogP contribution in [0.5, 0.6) is 5.75 Å². The molecular weight excluding hydrogens is 1110 g/mol. The number of hydrogen-bond acceptors (Lipinski definition) is 17. The fraction of sp³-hybridized carbons (Fsp3) is 0.490. The Morgan fingerprint density at radius 1 is 0.543 bits per heavy atom. The molecule has 0 fully saturated rings. The number of aliphatic carboxylic acids is 6. The van der Waals surface area contributed by atoms with Gasteiger partial charge in [-0.3, -0.25) is 39.0 Å². The van der Waals surface area contributed by atoms with E-state index in [9.17, 15) is 93.0 Å². The van der Waals surface area contributed by atoms with Gasteiger partial charge in [0.15, 0.2) is 0 Å². The Bertz CT molecular complexity index is 2510. The summed E-state index contributed by atoms with van der Waals surface area (Å²) in [7, 11) is 1.98. The lowest BCUT2D eigenvalue weighted by Crippen LogP contribution is -2.57. The highest BCUT2D eigenvalue weighted by Crippen LogP contribution is 2.22. The molecule has 0 heterocycles. The van der Waals surface area contributed by atoms with Crippen molar-refractivity contribution in [3.05, 3.63) is 65.2 Å². The Labute approximate surface area is 470 Å². The lowest BCUT2D eigenvalue weighted by Gasteiger charge is -2.23. The predicted octanol–water partition coefficient (Wildman–Crippen LogP) is 0.507. The number of phenols is 1. The van der Waals surface area contributed by atoms with Crippen LogP contribution in [0.25, 0.3) is 0 Å². The second kappa shape index (κ2) is 36.6. The van der Waals surface area contributed by atoms with Gasteiger partial charge in [0.1, 0.15) is 42.6 Å². The fourth-order valence-corrected chi connectivity index (χ4v) is 9.18. The summed E-state index contributed by atoms with van der Waals surface area (Å²) in [4.78, 5) is 158. The van der Waals surface area contributed by atoms with Crippen LogP contribution < -0.4 is 48.1 Å². The fourth-order valence-electron chi connectivity index (χ4n) is 7.20. The lowest BCUT2D eigenvalue weighted by molar-refractivity contribution is -0.144. The number of rotatable bonds is 37. The van der Waals surface area contributed by atoms with Crippen molar-refractivity contribution < 1.29 is 103 Å². The standard InChI is InChI=1S/C49H67N9O21S2/c1-26(20-28-10-12-31(59)13-11-28)19-27(2)41(67)57-58-49(78)79-17-18-80-81-25-36(46(74)75)54-43(69)35(23-40(65)66)53-42(68)34(22-39(63)64)52-37(60)21-29-6-8-30(9-7-29)24-51-47(76)50-16-4-3-5-32(44(70)71)55-48(77)56-33(45(72)73)14-15-38(61)62/h6-13,26-27,32-36,59H,3-5,14-25H2,1-2H3,(H,52,60)(H,53,68)(H,54,69)(H,57,67)(H,58,78)(H,61,62)(H,63,64)(H,65,66)(H,70,71)(H,72,73)(H,74,75)(H2,50,51,76)(H2,55,56,77)/t26-,27+,32+,33+,34+,35+,36+/m1/s1. The highest BCUT2D eigenvalue weighted by atomic mass is 33.1. The van der Waals surface area contributed by atoms with Gasteiger partial charge in [-0.15, -0.1) is 0 Å². The van der Waals surface area contributed by atoms with E-state index < -0.39 is 146 Å². The maximum atomic E-state index is 13.3. The van der Waals surface area contributed by atoms with Crippen LogP contribution in [0, 0.1) is 11.8 Å². The van der Waals surface area contributed by atoms with Gasteiger partial charge in [0.25, 0.3) is 0 Å². The van der Waals surface area contributed by atoms with Crippen molar-refractivity contribution in [2.45, 2.75) is 115 Å². The molecular formula is C49H67N9O21S2. The van der Waals surface area contributed by atoms with Gasteiger partial charge in [-0.25, -0.2) is 34.2 Å². The van der Waals surface area contributed by atoms with E-state index in [1.54, 1.807) is 43.3 Å². The van der Waals surface area contributed by atoms with Gasteiger partial charge >= 0.3 is 54.0 Å². The number of carbonyl (C=O) groups is 13. The number of ether oxygens (including phenoxy) is 1. The third-order valence-electron chi connectivity index (χ3n) is 11.3. The van der Waals surface area contributed by atoms with Crippen molar-refractivity contribution in [3.63, 3.8) is 0 Å². The summed E-state index contributed by atoms with van der Waals surface area (Å²) < 4.78 is 5.02. The Balaban J connectivity index is 1.80. The van der Waals surface area contributed by atoms with E-state index in [2.05, 4.69) is 42.8 Å². The van der Waals surface area contributed by atoms with Gasteiger partial charge in [-0.05, 0) is 73.3 Å². The molecule has 9 amide bonds. The number of carbonyl (C=O) groups excluding carboxylic acids is 7. The second-order valence-corrected chi connectivity index (χ2v) is 20.8. The first-order valence-electron chi connectivity index (χ1n) is 24.9. The topological polar surface area (TPSA) is 481 Å². The van der Waals surface area contributed by atoms with Crippen molar-refractivity contribution in [3.8, 4) is 5.75 Å². The van der Waals surface area contributed by atoms with E-state index in [1.165, 1.54) is 12.1 Å². The van der Waals surface area contributed by atoms with Crippen LogP contribution in [-0.4, -0.2) is 168 Å². The molecule has 32 heteroatoms. The number of unbranched alkanes of at least 4 members (excludes halogenated alkanes) is 1. The summed E-state index contributed by atoms with van der Waals surface area (Å²) in [6.07, 6.45) is -2.86. The molecule has 81 heavy (non-hydrogen) atoms. The van der Waals surface area contributed by atoms with Crippen LogP contribution in [0.1, 0.15) is 81.9 Å². The molecule has 0 saturated heterocycles. The number of carboxylic acid groups (broad SMARTS) is 6. The van der Waals surface area contributed by atoms with Gasteiger partial charge in [0, 0.05) is 36.9 Å². The number of carboxylic acids is 6. The van der Waals surface area contributed by atoms with Crippen LogP contribution in [0.3, 0.4) is 0 Å². The molecule has 7 atom stereocenters. The Morgan fingerprint density at radius 2 is 1.09 bits per heavy atom. The lowest BCUT2D eigenvalue weighted by atomic mass is 9.91. The summed E-state index contributed by atoms with van der Waals surface area (Å²) in [5, 5.41) is 81.4. The van der Waals surface area contributed by atoms with Gasteiger partial charge in [0.05, 0.1) is 19.3 Å². The Kier molecular flexibility index (Phi) is 31.0. The van der Waals surface area contributed by atoms with E-state index >= 15 is 0 Å². The minimum Gasteiger partial charge on any atom is -0.508 e. The molecule has 0 saturated carbocycles. The molecule has 0 spiro atoms. The quantitative estimate of drug-likeness (QED) is 0.0249. The number of hydrazine groups is 1. The van der Waals surface area contributed by atoms with Gasteiger partial charge in [0.2, 0.25) is 23.6 Å². The molecule has 2 rings (SSSR count). The molecule has 0 aliphatic heterocycles. The largest absolute Gasteiger partial charge is 0.508 e. The minimum absolute atomic E-state index is 0.00649. The molecule has 0 aliphatic carbocycles. The van der Waals surface area contributed by atoms with Crippen molar-refractivity contribution in [1.29, 1.82) is 0 Å². The van der Waals surface area contributed by atoms with E-state index in [1.807, 2.05) is 12.2 Å². The van der Waals surface area contributed by atoms with Crippen LogP contribution in [-0.2, 0) is 72.1 Å². The summed E-state index contributed by atoms with van der Waals surface area (Å²) in [5.41, 5.74) is 6.35. The van der Waals surface area contributed by atoms with E-state index in [4.69, 9.17) is 9.84 Å². The highest BCUT2D eigenvalue weighted by molar-refractivity contribution is 8.76. The van der Waals surface area contributed by atoms with Gasteiger partial charge in [-0.2, -0.15) is 0 Å². The summed E-state index contributed by atoms with van der Waals surface area (Å²) >= 11 is 0. The average Bonchev–Trinajstić information content (AvgIpc) is 3.38. The molecule has 16 N–H and O–H groups in total. The number of aromatic hydroxyl groups is 1. The molecule has 446 valence electrons. The Morgan fingerprint density at radius 3 is 1.65 bits per heavy atom. The maximum Gasteiger partial charge on any atom is 0.426 e. The van der Waals surface area contributed by atoms with E-state index in [0.717, 1.165) is 27.2 Å². The van der Waals surface area contributed by atoms with E-state index in [0.29, 0.717) is 24.0 Å². The number of benzene rings is 2. The predicted molar refractivity (Wildman–Crippen MR) is 286 cm³/mol. The van der Waals surface area contributed by atoms with Crippen LogP contribution in [0.15, 0.2) is 48.5 Å². The first-order valence-corrected chi connectivity index (χ1v) is 27.4. The van der Waals surface area contributed by atoms with E-state index in [-0.39, 0.29) is 62.1 Å². The third kappa shape index (κ3) is 29.8. The molecule has 2 aromatic carbocycles. The van der Waals surface area contributed by atoms with Crippen LogP contribution >= 0.6 is 21.6 Å². The van der Waals surface area contributed by atoms with Crippen molar-refractivity contribution in [1.82, 2.24) is 48.1 Å². The third-order valence-corrected chi connectivity index (χ3v) is 13.7. The Hall–Kier alpha value is -8.55. The molecule has 0 bridgehead atoms. The van der Waals surface area contributed by atoms with Gasteiger partial charge in [-0.1, -0.05) is 71.8 Å². The summed E-state index contributed by atoms with van der Waals surface area (Å²) in [6.45, 7) is 3.57.